The van der Waals surface area contributed by atoms with E-state index in [1.54, 1.807) is 0 Å². The summed E-state index contributed by atoms with van der Waals surface area (Å²) in [7, 11) is 0. The van der Waals surface area contributed by atoms with Crippen molar-refractivity contribution in [3.8, 4) is 0 Å². The van der Waals surface area contributed by atoms with Crippen LogP contribution in [0.15, 0.2) is 54.6 Å². The largest absolute Gasteiger partial charge is 0.273 e. The molecule has 30 heavy (non-hydrogen) atoms. The standard InChI is InChI=1S/C25H30N2O3/c1-4-6-12-18(5-2)22-21-23(30-27(22)19-13-8-7-9-14-19)25(29)26(24(21)28)20-15-10-11-17(3)16-20/h7-11,13-16,18,21-23H,4-6,12H2,1-3H3/t18-,21+,22+,23+/m0/s1. The molecule has 0 bridgehead atoms. The van der Waals surface area contributed by atoms with Crippen molar-refractivity contribution >= 4 is 23.2 Å². The Balaban J connectivity index is 1.72. The quantitative estimate of drug-likeness (QED) is 0.614. The monoisotopic (exact) mass is 406 g/mol. The number of imide groups is 1. The third kappa shape index (κ3) is 3.52. The molecule has 0 unspecified atom stereocenters. The average molecular weight is 407 g/mol. The van der Waals surface area contributed by atoms with Crippen molar-refractivity contribution in [3.05, 3.63) is 60.2 Å². The van der Waals surface area contributed by atoms with Gasteiger partial charge in [0.25, 0.3) is 5.91 Å². The minimum atomic E-state index is -0.765. The molecule has 2 aliphatic heterocycles. The van der Waals surface area contributed by atoms with Gasteiger partial charge in [-0.3, -0.25) is 14.4 Å². The van der Waals surface area contributed by atoms with Crippen molar-refractivity contribution < 1.29 is 14.4 Å². The van der Waals surface area contributed by atoms with Gasteiger partial charge in [0.1, 0.15) is 0 Å². The fraction of sp³-hybridized carbons (Fsp3) is 0.440. The molecule has 0 spiro atoms. The van der Waals surface area contributed by atoms with Crippen LogP contribution in [0.3, 0.4) is 0 Å². The summed E-state index contributed by atoms with van der Waals surface area (Å²) in [5, 5.41) is 1.85. The molecule has 2 aromatic carbocycles. The summed E-state index contributed by atoms with van der Waals surface area (Å²) in [6, 6.07) is 17.2. The van der Waals surface area contributed by atoms with Crippen LogP contribution in [0.5, 0.6) is 0 Å². The highest BCUT2D eigenvalue weighted by Crippen LogP contribution is 2.44. The summed E-state index contributed by atoms with van der Waals surface area (Å²) in [6.45, 7) is 6.30. The molecule has 2 saturated heterocycles. The van der Waals surface area contributed by atoms with E-state index in [1.807, 2.05) is 66.6 Å². The summed E-state index contributed by atoms with van der Waals surface area (Å²) in [4.78, 5) is 34.5. The molecule has 0 aromatic heterocycles. The van der Waals surface area contributed by atoms with Gasteiger partial charge >= 0.3 is 0 Å². The van der Waals surface area contributed by atoms with Gasteiger partial charge in [-0.25, -0.2) is 9.96 Å². The molecule has 2 amide bonds. The second-order valence-corrected chi connectivity index (χ2v) is 8.37. The summed E-state index contributed by atoms with van der Waals surface area (Å²) < 4.78 is 0. The molecule has 0 N–H and O–H groups in total. The lowest BCUT2D eigenvalue weighted by molar-refractivity contribution is -0.126. The number of hydrogen-bond donors (Lipinski definition) is 0. The Hall–Kier alpha value is -2.66. The maximum atomic E-state index is 13.6. The van der Waals surface area contributed by atoms with E-state index in [9.17, 15) is 9.59 Å². The number of amides is 2. The van der Waals surface area contributed by atoms with E-state index in [1.165, 1.54) is 4.90 Å². The predicted octanol–water partition coefficient (Wildman–Crippen LogP) is 4.89. The highest BCUT2D eigenvalue weighted by molar-refractivity contribution is 6.23. The third-order valence-electron chi connectivity index (χ3n) is 6.37. The van der Waals surface area contributed by atoms with E-state index in [0.717, 1.165) is 36.9 Å². The van der Waals surface area contributed by atoms with Crippen LogP contribution in [-0.2, 0) is 14.4 Å². The summed E-state index contributed by atoms with van der Waals surface area (Å²) in [5.74, 6) is -0.618. The molecule has 4 atom stereocenters. The van der Waals surface area contributed by atoms with Crippen LogP contribution in [0, 0.1) is 18.8 Å². The number of carbonyl (C=O) groups is 2. The summed E-state index contributed by atoms with van der Waals surface area (Å²) in [6.07, 6.45) is 3.38. The van der Waals surface area contributed by atoms with Gasteiger partial charge in [-0.1, -0.05) is 63.4 Å². The SMILES string of the molecule is CCCC[C@H](CC)[C@@H]1[C@H]2C(=O)N(c3cccc(C)c3)C(=O)[C@@H]2ON1c1ccccc1. The van der Waals surface area contributed by atoms with Crippen LogP contribution in [0.25, 0.3) is 0 Å². The van der Waals surface area contributed by atoms with E-state index in [-0.39, 0.29) is 23.8 Å². The summed E-state index contributed by atoms with van der Waals surface area (Å²) in [5.41, 5.74) is 2.55. The molecule has 4 rings (SSSR count). The second-order valence-electron chi connectivity index (χ2n) is 8.37. The van der Waals surface area contributed by atoms with Gasteiger partial charge in [0.2, 0.25) is 5.91 Å². The van der Waals surface area contributed by atoms with Gasteiger partial charge in [0.05, 0.1) is 23.3 Å². The van der Waals surface area contributed by atoms with Gasteiger partial charge in [-0.15, -0.1) is 0 Å². The molecular weight excluding hydrogens is 376 g/mol. The Labute approximate surface area is 178 Å². The fourth-order valence-corrected chi connectivity index (χ4v) is 4.84. The first-order valence-corrected chi connectivity index (χ1v) is 11.0. The maximum absolute atomic E-state index is 13.6. The Bertz CT molecular complexity index is 914. The number of rotatable bonds is 7. The number of hydroxylamine groups is 1. The predicted molar refractivity (Wildman–Crippen MR) is 118 cm³/mol. The first kappa shape index (κ1) is 20.6. The average Bonchev–Trinajstić information content (AvgIpc) is 3.26. The Morgan fingerprint density at radius 1 is 0.967 bits per heavy atom. The topological polar surface area (TPSA) is 49.9 Å². The minimum Gasteiger partial charge on any atom is -0.273 e. The van der Waals surface area contributed by atoms with E-state index >= 15 is 0 Å². The van der Waals surface area contributed by atoms with Gasteiger partial charge in [-0.05, 0) is 49.1 Å². The molecule has 0 saturated carbocycles. The van der Waals surface area contributed by atoms with Gasteiger partial charge < -0.3 is 0 Å². The van der Waals surface area contributed by atoms with Crippen LogP contribution < -0.4 is 9.96 Å². The summed E-state index contributed by atoms with van der Waals surface area (Å²) >= 11 is 0. The zero-order chi connectivity index (χ0) is 21.3. The highest BCUT2D eigenvalue weighted by Gasteiger charge is 2.61. The van der Waals surface area contributed by atoms with Crippen molar-refractivity contribution in [3.63, 3.8) is 0 Å². The Kier molecular flexibility index (Phi) is 5.91. The smallest absolute Gasteiger partial charge is 0.266 e. The van der Waals surface area contributed by atoms with E-state index in [0.29, 0.717) is 5.69 Å². The molecular formula is C25H30N2O3. The first-order chi connectivity index (χ1) is 14.6. The van der Waals surface area contributed by atoms with Gasteiger partial charge in [0.15, 0.2) is 6.10 Å². The van der Waals surface area contributed by atoms with Crippen molar-refractivity contribution in [2.24, 2.45) is 11.8 Å². The third-order valence-corrected chi connectivity index (χ3v) is 6.37. The normalized spacial score (nSPS) is 24.4. The molecule has 2 heterocycles. The maximum Gasteiger partial charge on any atom is 0.266 e. The van der Waals surface area contributed by atoms with Crippen LogP contribution in [0.2, 0.25) is 0 Å². The van der Waals surface area contributed by atoms with Crippen LogP contribution in [-0.4, -0.2) is 24.0 Å². The number of anilines is 2. The minimum absolute atomic E-state index is 0.144. The number of unbranched alkanes of at least 4 members (excludes halogenated alkanes) is 1. The molecule has 5 heteroatoms. The number of aryl methyl sites for hydroxylation is 1. The van der Waals surface area contributed by atoms with Crippen LogP contribution in [0.4, 0.5) is 11.4 Å². The lowest BCUT2D eigenvalue weighted by atomic mass is 9.82. The highest BCUT2D eigenvalue weighted by atomic mass is 16.7. The number of nitrogens with zero attached hydrogens (tertiary/aromatic N) is 2. The lowest BCUT2D eigenvalue weighted by Crippen LogP contribution is -2.44. The number of hydrogen-bond acceptors (Lipinski definition) is 4. The van der Waals surface area contributed by atoms with Gasteiger partial charge in [0, 0.05) is 0 Å². The van der Waals surface area contributed by atoms with Crippen molar-refractivity contribution in [1.29, 1.82) is 0 Å². The molecule has 2 fully saturated rings. The number of fused-ring (bicyclic) bond motifs is 1. The molecule has 2 aromatic rings. The molecule has 0 aliphatic carbocycles. The fourth-order valence-electron chi connectivity index (χ4n) is 4.84. The molecule has 0 radical (unpaired) electrons. The Morgan fingerprint density at radius 2 is 1.70 bits per heavy atom. The lowest BCUT2D eigenvalue weighted by Gasteiger charge is -2.33. The molecule has 2 aliphatic rings. The Morgan fingerprint density at radius 3 is 2.37 bits per heavy atom. The van der Waals surface area contributed by atoms with Crippen LogP contribution >= 0.6 is 0 Å². The second kappa shape index (κ2) is 8.60. The first-order valence-electron chi connectivity index (χ1n) is 11.0. The van der Waals surface area contributed by atoms with Crippen molar-refractivity contribution in [2.75, 3.05) is 9.96 Å². The zero-order valence-electron chi connectivity index (χ0n) is 18.0. The molecule has 5 nitrogen and oxygen atoms in total. The van der Waals surface area contributed by atoms with Crippen molar-refractivity contribution in [2.45, 2.75) is 58.6 Å². The number of para-hydroxylation sites is 1. The number of benzene rings is 2. The van der Waals surface area contributed by atoms with Crippen LogP contribution in [0.1, 0.15) is 45.1 Å². The van der Waals surface area contributed by atoms with E-state index in [4.69, 9.17) is 4.84 Å². The van der Waals surface area contributed by atoms with E-state index < -0.39 is 12.0 Å². The zero-order valence-corrected chi connectivity index (χ0v) is 18.0. The number of carbonyl (C=O) groups excluding carboxylic acids is 2. The van der Waals surface area contributed by atoms with Crippen molar-refractivity contribution in [1.82, 2.24) is 0 Å². The molecule has 158 valence electrons. The van der Waals surface area contributed by atoms with Gasteiger partial charge in [-0.2, -0.15) is 0 Å². The van der Waals surface area contributed by atoms with E-state index in [2.05, 4.69) is 13.8 Å².